The van der Waals surface area contributed by atoms with Crippen LogP contribution in [0.15, 0.2) is 60.2 Å². The molecule has 2 aromatic carbocycles. The van der Waals surface area contributed by atoms with Crippen molar-refractivity contribution >= 4 is 23.6 Å². The number of rotatable bonds is 4. The van der Waals surface area contributed by atoms with E-state index in [1.54, 1.807) is 6.07 Å². The van der Waals surface area contributed by atoms with Crippen LogP contribution in [0, 0.1) is 11.7 Å². The van der Waals surface area contributed by atoms with Gasteiger partial charge in [0, 0.05) is 21.7 Å². The van der Waals surface area contributed by atoms with E-state index in [0.717, 1.165) is 64.4 Å². The number of allylic oxidation sites excluding steroid dienone is 2. The summed E-state index contributed by atoms with van der Waals surface area (Å²) in [5, 5.41) is 13.8. The maximum atomic E-state index is 14.5. The molecule has 3 heterocycles. The fourth-order valence-corrected chi connectivity index (χ4v) is 4.70. The molecule has 2 aromatic heterocycles. The van der Waals surface area contributed by atoms with E-state index in [-0.39, 0.29) is 5.82 Å². The molecule has 0 saturated carbocycles. The van der Waals surface area contributed by atoms with Gasteiger partial charge in [-0.05, 0) is 74.2 Å². The van der Waals surface area contributed by atoms with E-state index in [2.05, 4.69) is 52.2 Å². The third-order valence-electron chi connectivity index (χ3n) is 6.42. The van der Waals surface area contributed by atoms with Crippen LogP contribution in [0.3, 0.4) is 0 Å². The van der Waals surface area contributed by atoms with Crippen LogP contribution in [0.25, 0.3) is 46.1 Å². The van der Waals surface area contributed by atoms with Gasteiger partial charge in [0.1, 0.15) is 11.5 Å². The molecule has 0 amide bonds. The first-order valence-electron chi connectivity index (χ1n) is 11.1. The van der Waals surface area contributed by atoms with Crippen molar-refractivity contribution in [3.8, 4) is 22.5 Å². The van der Waals surface area contributed by atoms with E-state index in [9.17, 15) is 4.39 Å². The van der Waals surface area contributed by atoms with Crippen molar-refractivity contribution in [3.63, 3.8) is 0 Å². The lowest BCUT2D eigenvalue weighted by Crippen LogP contribution is -2.29. The van der Waals surface area contributed by atoms with Gasteiger partial charge in [0.25, 0.3) is 0 Å². The Hall–Kier alpha value is -3.44. The molecule has 0 atom stereocenters. The fraction of sp³-hybridized carbons (Fsp3) is 0.222. The van der Waals surface area contributed by atoms with Crippen LogP contribution in [-0.2, 0) is 0 Å². The molecule has 0 bridgehead atoms. The van der Waals surface area contributed by atoms with Crippen molar-refractivity contribution in [3.05, 3.63) is 76.6 Å². The standard InChI is InChI=1S/C27H27FN4/c1-3-18(19-11-13-29-14-12-19)15-22-17(2)31-32-27(22)26-16-23-20(8-6-10-25(23)30-26)21-7-4-5-9-24(21)28/h3-10,15-16,19,29-31H,2,11-14H2,1H3/b18-3+,22-15+. The summed E-state index contributed by atoms with van der Waals surface area (Å²) in [6.45, 7) is 8.37. The van der Waals surface area contributed by atoms with E-state index in [4.69, 9.17) is 0 Å². The number of H-pyrrole nitrogens is 2. The van der Waals surface area contributed by atoms with Gasteiger partial charge in [-0.15, -0.1) is 0 Å². The predicted octanol–water partition coefficient (Wildman–Crippen LogP) is 4.50. The highest BCUT2D eigenvalue weighted by Gasteiger charge is 2.17. The minimum absolute atomic E-state index is 0.226. The number of hydrogen-bond donors (Lipinski definition) is 3. The summed E-state index contributed by atoms with van der Waals surface area (Å²) in [6.07, 6.45) is 6.69. The summed E-state index contributed by atoms with van der Waals surface area (Å²) < 4.78 is 14.5. The first-order valence-corrected chi connectivity index (χ1v) is 11.1. The Morgan fingerprint density at radius 3 is 2.66 bits per heavy atom. The molecule has 1 fully saturated rings. The molecule has 0 radical (unpaired) electrons. The number of piperidine rings is 1. The molecule has 162 valence electrons. The summed E-state index contributed by atoms with van der Waals surface area (Å²) in [4.78, 5) is 3.48. The fourth-order valence-electron chi connectivity index (χ4n) is 4.70. The van der Waals surface area contributed by atoms with Gasteiger partial charge in [0.2, 0.25) is 0 Å². The van der Waals surface area contributed by atoms with E-state index >= 15 is 0 Å². The first kappa shape index (κ1) is 20.5. The molecule has 4 nitrogen and oxygen atoms in total. The third-order valence-corrected chi connectivity index (χ3v) is 6.42. The maximum absolute atomic E-state index is 14.5. The van der Waals surface area contributed by atoms with Gasteiger partial charge >= 0.3 is 0 Å². The summed E-state index contributed by atoms with van der Waals surface area (Å²) in [6, 6.07) is 14.9. The quantitative estimate of drug-likeness (QED) is 0.450. The van der Waals surface area contributed by atoms with Crippen molar-refractivity contribution in [1.29, 1.82) is 0 Å². The van der Waals surface area contributed by atoms with Crippen LogP contribution in [-0.4, -0.2) is 28.3 Å². The number of aromatic amines is 2. The molecule has 1 saturated heterocycles. The zero-order valence-corrected chi connectivity index (χ0v) is 18.2. The number of aromatic nitrogens is 3. The van der Waals surface area contributed by atoms with Crippen LogP contribution < -0.4 is 15.9 Å². The molecule has 0 aliphatic carbocycles. The number of nitrogens with one attached hydrogen (secondary N) is 3. The molecular formula is C27H27FN4. The monoisotopic (exact) mass is 426 g/mol. The predicted molar refractivity (Wildman–Crippen MR) is 130 cm³/mol. The van der Waals surface area contributed by atoms with E-state index in [1.807, 2.05) is 30.3 Å². The zero-order valence-electron chi connectivity index (χ0n) is 18.2. The normalized spacial score (nSPS) is 16.2. The average Bonchev–Trinajstić information content (AvgIpc) is 3.41. The smallest absolute Gasteiger partial charge is 0.131 e. The zero-order chi connectivity index (χ0) is 22.1. The lowest BCUT2D eigenvalue weighted by Gasteiger charge is -2.23. The molecule has 0 spiro atoms. The van der Waals surface area contributed by atoms with Gasteiger partial charge in [0.15, 0.2) is 0 Å². The number of halogens is 1. The maximum Gasteiger partial charge on any atom is 0.131 e. The Morgan fingerprint density at radius 2 is 1.88 bits per heavy atom. The topological polar surface area (TPSA) is 56.5 Å². The van der Waals surface area contributed by atoms with Crippen molar-refractivity contribution < 1.29 is 4.39 Å². The Labute approximate surface area is 186 Å². The SMILES string of the molecule is C=c1[nH]nc(-c2cc3c(-c4ccccc4F)cccc3[nH]2)/c1=C/C(=C\C)C1CCNCC1. The number of hydrogen-bond acceptors (Lipinski definition) is 2. The van der Waals surface area contributed by atoms with E-state index in [1.165, 1.54) is 11.6 Å². The van der Waals surface area contributed by atoms with Gasteiger partial charge in [0.05, 0.1) is 11.0 Å². The van der Waals surface area contributed by atoms with Crippen LogP contribution >= 0.6 is 0 Å². The summed E-state index contributed by atoms with van der Waals surface area (Å²) in [5.74, 6) is 0.315. The molecule has 5 heteroatoms. The Kier molecular flexibility index (Phi) is 5.50. The van der Waals surface area contributed by atoms with Gasteiger partial charge in [-0.3, -0.25) is 5.10 Å². The molecule has 32 heavy (non-hydrogen) atoms. The second-order valence-electron chi connectivity index (χ2n) is 8.35. The van der Waals surface area contributed by atoms with Gasteiger partial charge in [-0.1, -0.05) is 43.0 Å². The van der Waals surface area contributed by atoms with Crippen molar-refractivity contribution in [2.24, 2.45) is 5.92 Å². The van der Waals surface area contributed by atoms with E-state index in [0.29, 0.717) is 11.5 Å². The summed E-state index contributed by atoms with van der Waals surface area (Å²) in [5.41, 5.74) is 5.45. The highest BCUT2D eigenvalue weighted by Crippen LogP contribution is 2.32. The van der Waals surface area contributed by atoms with Crippen LogP contribution in [0.5, 0.6) is 0 Å². The second kappa shape index (κ2) is 8.60. The molecule has 1 aliphatic heterocycles. The van der Waals surface area contributed by atoms with Crippen LogP contribution in [0.4, 0.5) is 4.39 Å². The molecule has 4 aromatic rings. The van der Waals surface area contributed by atoms with Gasteiger partial charge in [-0.2, -0.15) is 5.10 Å². The summed E-state index contributed by atoms with van der Waals surface area (Å²) in [7, 11) is 0. The molecule has 5 rings (SSSR count). The summed E-state index contributed by atoms with van der Waals surface area (Å²) >= 11 is 0. The third kappa shape index (κ3) is 3.69. The first-order chi connectivity index (χ1) is 15.7. The Bertz CT molecular complexity index is 1400. The molecular weight excluding hydrogens is 399 g/mol. The number of benzene rings is 2. The molecule has 0 unspecified atom stereocenters. The highest BCUT2D eigenvalue weighted by atomic mass is 19.1. The Morgan fingerprint density at radius 1 is 1.09 bits per heavy atom. The van der Waals surface area contributed by atoms with Gasteiger partial charge in [-0.25, -0.2) is 4.39 Å². The average molecular weight is 427 g/mol. The Balaban J connectivity index is 1.63. The minimum Gasteiger partial charge on any atom is -0.353 e. The van der Waals surface area contributed by atoms with Crippen LogP contribution in [0.2, 0.25) is 0 Å². The lowest BCUT2D eigenvalue weighted by atomic mass is 9.89. The van der Waals surface area contributed by atoms with Gasteiger partial charge < -0.3 is 10.3 Å². The second-order valence-corrected chi connectivity index (χ2v) is 8.35. The minimum atomic E-state index is -0.226. The lowest BCUT2D eigenvalue weighted by molar-refractivity contribution is 0.427. The van der Waals surface area contributed by atoms with Crippen molar-refractivity contribution in [2.45, 2.75) is 19.8 Å². The van der Waals surface area contributed by atoms with E-state index < -0.39 is 0 Å². The molecule has 1 aliphatic rings. The van der Waals surface area contributed by atoms with Crippen LogP contribution in [0.1, 0.15) is 19.8 Å². The van der Waals surface area contributed by atoms with Crippen molar-refractivity contribution in [1.82, 2.24) is 20.5 Å². The number of nitrogens with zero attached hydrogens (tertiary/aromatic N) is 1. The highest BCUT2D eigenvalue weighted by molar-refractivity contribution is 5.98. The number of fused-ring (bicyclic) bond motifs is 1. The van der Waals surface area contributed by atoms with Crippen molar-refractivity contribution in [2.75, 3.05) is 13.1 Å². The molecule has 3 N–H and O–H groups in total. The largest absolute Gasteiger partial charge is 0.353 e.